The van der Waals surface area contributed by atoms with Crippen molar-refractivity contribution >= 4 is 11.6 Å². The standard InChI is InChI=1S/C15H17N3O2/c19-7-6-10-2-1-3-12(8-10)17-15(20)13-9-16-18-14(13)11-4-5-11/h1-3,8-9,11,19H,4-7H2,(H,16,18)(H,17,20). The predicted molar refractivity (Wildman–Crippen MR) is 75.7 cm³/mol. The van der Waals surface area contributed by atoms with Gasteiger partial charge < -0.3 is 10.4 Å². The molecule has 3 N–H and O–H groups in total. The zero-order chi connectivity index (χ0) is 13.9. The Hall–Kier alpha value is -2.14. The second kappa shape index (κ2) is 5.46. The van der Waals surface area contributed by atoms with E-state index in [1.54, 1.807) is 6.20 Å². The maximum Gasteiger partial charge on any atom is 0.259 e. The fraction of sp³-hybridized carbons (Fsp3) is 0.333. The molecule has 1 aromatic heterocycles. The Morgan fingerprint density at radius 3 is 3.05 bits per heavy atom. The topological polar surface area (TPSA) is 78.0 Å². The minimum Gasteiger partial charge on any atom is -0.396 e. The van der Waals surface area contributed by atoms with Crippen LogP contribution >= 0.6 is 0 Å². The molecule has 0 bridgehead atoms. The maximum absolute atomic E-state index is 12.3. The van der Waals surface area contributed by atoms with Crippen molar-refractivity contribution < 1.29 is 9.90 Å². The van der Waals surface area contributed by atoms with Crippen LogP contribution in [-0.4, -0.2) is 27.8 Å². The molecule has 1 aliphatic rings. The molecule has 20 heavy (non-hydrogen) atoms. The average Bonchev–Trinajstić information content (AvgIpc) is 3.16. The van der Waals surface area contributed by atoms with Gasteiger partial charge >= 0.3 is 0 Å². The molecule has 5 heteroatoms. The number of anilines is 1. The summed E-state index contributed by atoms with van der Waals surface area (Å²) in [6.07, 6.45) is 4.41. The number of H-pyrrole nitrogens is 1. The van der Waals surface area contributed by atoms with E-state index in [0.717, 1.165) is 29.8 Å². The van der Waals surface area contributed by atoms with Gasteiger partial charge in [-0.25, -0.2) is 0 Å². The zero-order valence-electron chi connectivity index (χ0n) is 11.1. The molecule has 0 aliphatic heterocycles. The number of benzene rings is 1. The van der Waals surface area contributed by atoms with Crippen LogP contribution in [0.3, 0.4) is 0 Å². The van der Waals surface area contributed by atoms with E-state index in [9.17, 15) is 4.79 Å². The first-order chi connectivity index (χ1) is 9.78. The first-order valence-corrected chi connectivity index (χ1v) is 6.82. The minimum atomic E-state index is -0.137. The summed E-state index contributed by atoms with van der Waals surface area (Å²) in [5.41, 5.74) is 3.30. The highest BCUT2D eigenvalue weighted by atomic mass is 16.3. The van der Waals surface area contributed by atoms with Crippen LogP contribution in [0.1, 0.15) is 40.4 Å². The monoisotopic (exact) mass is 271 g/mol. The predicted octanol–water partition coefficient (Wildman–Crippen LogP) is 2.07. The number of rotatable bonds is 5. The highest BCUT2D eigenvalue weighted by Gasteiger charge is 2.29. The summed E-state index contributed by atoms with van der Waals surface area (Å²) in [6.45, 7) is 0.102. The number of hydrogen-bond donors (Lipinski definition) is 3. The number of carbonyl (C=O) groups is 1. The van der Waals surface area contributed by atoms with E-state index < -0.39 is 0 Å². The summed E-state index contributed by atoms with van der Waals surface area (Å²) < 4.78 is 0. The quantitative estimate of drug-likeness (QED) is 0.779. The first-order valence-electron chi connectivity index (χ1n) is 6.82. The Bertz CT molecular complexity index is 617. The Labute approximate surface area is 117 Å². The van der Waals surface area contributed by atoms with Crippen LogP contribution in [0, 0.1) is 0 Å². The normalized spacial score (nSPS) is 14.2. The molecular formula is C15H17N3O2. The fourth-order valence-electron chi connectivity index (χ4n) is 2.29. The van der Waals surface area contributed by atoms with Gasteiger partial charge in [0.05, 0.1) is 17.5 Å². The van der Waals surface area contributed by atoms with Crippen molar-refractivity contribution in [2.24, 2.45) is 0 Å². The SMILES string of the molecule is O=C(Nc1cccc(CCO)c1)c1cn[nH]c1C1CC1. The fourth-order valence-corrected chi connectivity index (χ4v) is 2.29. The molecule has 0 atom stereocenters. The molecule has 1 fully saturated rings. The summed E-state index contributed by atoms with van der Waals surface area (Å²) >= 11 is 0. The van der Waals surface area contributed by atoms with E-state index >= 15 is 0 Å². The van der Waals surface area contributed by atoms with Crippen LogP contribution in [0.4, 0.5) is 5.69 Å². The number of amides is 1. The van der Waals surface area contributed by atoms with E-state index in [2.05, 4.69) is 15.5 Å². The number of aromatic nitrogens is 2. The highest BCUT2D eigenvalue weighted by molar-refractivity contribution is 6.05. The third-order valence-corrected chi connectivity index (χ3v) is 3.48. The van der Waals surface area contributed by atoms with E-state index in [1.807, 2.05) is 24.3 Å². The smallest absolute Gasteiger partial charge is 0.259 e. The Balaban J connectivity index is 1.75. The van der Waals surface area contributed by atoms with Crippen molar-refractivity contribution in [1.82, 2.24) is 10.2 Å². The van der Waals surface area contributed by atoms with Crippen LogP contribution < -0.4 is 5.32 Å². The maximum atomic E-state index is 12.3. The van der Waals surface area contributed by atoms with Crippen molar-refractivity contribution in [2.45, 2.75) is 25.2 Å². The second-order valence-corrected chi connectivity index (χ2v) is 5.10. The molecule has 0 radical (unpaired) electrons. The van der Waals surface area contributed by atoms with Crippen LogP contribution in [0.25, 0.3) is 0 Å². The Morgan fingerprint density at radius 1 is 1.45 bits per heavy atom. The third kappa shape index (κ3) is 2.72. The summed E-state index contributed by atoms with van der Waals surface area (Å²) in [7, 11) is 0. The van der Waals surface area contributed by atoms with Gasteiger partial charge in [0.15, 0.2) is 0 Å². The molecule has 0 unspecified atom stereocenters. The van der Waals surface area contributed by atoms with Gasteiger partial charge in [-0.2, -0.15) is 5.10 Å². The lowest BCUT2D eigenvalue weighted by Crippen LogP contribution is -2.13. The van der Waals surface area contributed by atoms with Gasteiger partial charge in [-0.15, -0.1) is 0 Å². The molecule has 1 aliphatic carbocycles. The third-order valence-electron chi connectivity index (χ3n) is 3.48. The Morgan fingerprint density at radius 2 is 2.30 bits per heavy atom. The van der Waals surface area contributed by atoms with Crippen molar-refractivity contribution in [1.29, 1.82) is 0 Å². The first kappa shape index (κ1) is 12.9. The summed E-state index contributed by atoms with van der Waals surface area (Å²) in [6, 6.07) is 7.53. The van der Waals surface area contributed by atoms with Gasteiger partial charge in [-0.3, -0.25) is 9.89 Å². The van der Waals surface area contributed by atoms with Gasteiger partial charge in [0, 0.05) is 18.2 Å². The molecule has 1 saturated carbocycles. The number of carbonyl (C=O) groups excluding carboxylic acids is 1. The lowest BCUT2D eigenvalue weighted by atomic mass is 10.1. The molecular weight excluding hydrogens is 254 g/mol. The van der Waals surface area contributed by atoms with Crippen molar-refractivity contribution in [3.05, 3.63) is 47.3 Å². The molecule has 2 aromatic rings. The lowest BCUT2D eigenvalue weighted by molar-refractivity contribution is 0.102. The van der Waals surface area contributed by atoms with Gasteiger partial charge in [0.2, 0.25) is 0 Å². The molecule has 1 amide bonds. The molecule has 0 saturated heterocycles. The summed E-state index contributed by atoms with van der Waals surface area (Å²) in [5.74, 6) is 0.320. The minimum absolute atomic E-state index is 0.102. The number of hydrogen-bond acceptors (Lipinski definition) is 3. The summed E-state index contributed by atoms with van der Waals surface area (Å²) in [4.78, 5) is 12.3. The summed E-state index contributed by atoms with van der Waals surface area (Å²) in [5, 5.41) is 18.7. The van der Waals surface area contributed by atoms with E-state index in [-0.39, 0.29) is 12.5 Å². The largest absolute Gasteiger partial charge is 0.396 e. The van der Waals surface area contributed by atoms with Gasteiger partial charge in [-0.05, 0) is 37.0 Å². The van der Waals surface area contributed by atoms with Crippen LogP contribution in [0.5, 0.6) is 0 Å². The van der Waals surface area contributed by atoms with Crippen molar-refractivity contribution in [3.8, 4) is 0 Å². The van der Waals surface area contributed by atoms with E-state index in [1.165, 1.54) is 0 Å². The second-order valence-electron chi connectivity index (χ2n) is 5.10. The van der Waals surface area contributed by atoms with Gasteiger partial charge in [0.25, 0.3) is 5.91 Å². The van der Waals surface area contributed by atoms with Crippen molar-refractivity contribution in [3.63, 3.8) is 0 Å². The molecule has 1 aromatic carbocycles. The molecule has 104 valence electrons. The number of aliphatic hydroxyl groups is 1. The van der Waals surface area contributed by atoms with E-state index in [0.29, 0.717) is 17.9 Å². The Kier molecular flexibility index (Phi) is 3.52. The zero-order valence-corrected chi connectivity index (χ0v) is 11.1. The number of aliphatic hydroxyl groups excluding tert-OH is 1. The number of nitrogens with zero attached hydrogens (tertiary/aromatic N) is 1. The van der Waals surface area contributed by atoms with Gasteiger partial charge in [-0.1, -0.05) is 12.1 Å². The van der Waals surface area contributed by atoms with Crippen LogP contribution in [0.2, 0.25) is 0 Å². The van der Waals surface area contributed by atoms with Gasteiger partial charge in [0.1, 0.15) is 0 Å². The molecule has 0 spiro atoms. The van der Waals surface area contributed by atoms with Crippen molar-refractivity contribution in [2.75, 3.05) is 11.9 Å². The molecule has 5 nitrogen and oxygen atoms in total. The number of nitrogens with one attached hydrogen (secondary N) is 2. The average molecular weight is 271 g/mol. The number of aromatic amines is 1. The molecule has 1 heterocycles. The van der Waals surface area contributed by atoms with Crippen LogP contribution in [-0.2, 0) is 6.42 Å². The lowest BCUT2D eigenvalue weighted by Gasteiger charge is -2.07. The highest BCUT2D eigenvalue weighted by Crippen LogP contribution is 2.40. The van der Waals surface area contributed by atoms with Crippen LogP contribution in [0.15, 0.2) is 30.5 Å². The van der Waals surface area contributed by atoms with E-state index in [4.69, 9.17) is 5.11 Å². The molecule has 3 rings (SSSR count).